The third-order valence-electron chi connectivity index (χ3n) is 2.45. The summed E-state index contributed by atoms with van der Waals surface area (Å²) in [6.45, 7) is 0. The van der Waals surface area contributed by atoms with Crippen molar-refractivity contribution in [1.82, 2.24) is 24.7 Å². The highest BCUT2D eigenvalue weighted by Gasteiger charge is 2.29. The molecule has 0 spiro atoms. The van der Waals surface area contributed by atoms with E-state index in [1.807, 2.05) is 0 Å². The molecular formula is C9H7ClFN5OS. The molecule has 1 aliphatic carbocycles. The fourth-order valence-electron chi connectivity index (χ4n) is 1.51. The van der Waals surface area contributed by atoms with E-state index < -0.39 is 5.82 Å². The largest absolute Gasteiger partial charge is 0.344 e. The van der Waals surface area contributed by atoms with E-state index >= 15 is 0 Å². The maximum Gasteiger partial charge on any atom is 0.344 e. The van der Waals surface area contributed by atoms with E-state index in [1.165, 1.54) is 4.57 Å². The second-order valence-electron chi connectivity index (χ2n) is 3.81. The lowest BCUT2D eigenvalue weighted by atomic mass is 10.6. The molecule has 9 heteroatoms. The van der Waals surface area contributed by atoms with Crippen LogP contribution in [0.4, 0.5) is 4.39 Å². The van der Waals surface area contributed by atoms with Crippen LogP contribution in [0, 0.1) is 5.82 Å². The van der Waals surface area contributed by atoms with Crippen LogP contribution in [-0.4, -0.2) is 24.7 Å². The topological polar surface area (TPSA) is 76.5 Å². The normalized spacial score (nSPS) is 15.0. The van der Waals surface area contributed by atoms with E-state index in [2.05, 4.69) is 20.2 Å². The molecule has 0 aromatic carbocycles. The predicted molar refractivity (Wildman–Crippen MR) is 62.2 cm³/mol. The SMILES string of the molecule is O=c1[nH]nc(Sc2nc(Cl)ncc2F)n1C1CC1. The Balaban J connectivity index is 1.97. The van der Waals surface area contributed by atoms with Crippen LogP contribution in [0.25, 0.3) is 0 Å². The lowest BCUT2D eigenvalue weighted by Gasteiger charge is -2.03. The van der Waals surface area contributed by atoms with E-state index in [0.29, 0.717) is 5.16 Å². The van der Waals surface area contributed by atoms with Gasteiger partial charge in [0.15, 0.2) is 11.0 Å². The smallest absolute Gasteiger partial charge is 0.267 e. The fourth-order valence-corrected chi connectivity index (χ4v) is 2.57. The van der Waals surface area contributed by atoms with Gasteiger partial charge in [0.25, 0.3) is 0 Å². The third-order valence-corrected chi connectivity index (χ3v) is 3.59. The van der Waals surface area contributed by atoms with Crippen LogP contribution in [0.1, 0.15) is 18.9 Å². The molecule has 1 N–H and O–H groups in total. The highest BCUT2D eigenvalue weighted by Crippen LogP contribution is 2.37. The summed E-state index contributed by atoms with van der Waals surface area (Å²) in [5.74, 6) is -0.595. The standard InChI is InChI=1S/C9H7ClFN5OS/c10-7-12-3-5(11)6(13-7)18-9-15-14-8(17)16(9)4-1-2-4/h3-4H,1-2H2,(H,14,17). The molecule has 2 aromatic heterocycles. The van der Waals surface area contributed by atoms with Gasteiger partial charge in [-0.2, -0.15) is 0 Å². The summed E-state index contributed by atoms with van der Waals surface area (Å²) in [6, 6.07) is 0.152. The highest BCUT2D eigenvalue weighted by atomic mass is 35.5. The molecule has 0 radical (unpaired) electrons. The number of hydrogen-bond acceptors (Lipinski definition) is 5. The van der Waals surface area contributed by atoms with E-state index in [4.69, 9.17) is 11.6 Å². The zero-order valence-electron chi connectivity index (χ0n) is 8.93. The first-order chi connectivity index (χ1) is 8.65. The number of halogens is 2. The van der Waals surface area contributed by atoms with Gasteiger partial charge in [-0.3, -0.25) is 4.57 Å². The van der Waals surface area contributed by atoms with Gasteiger partial charge in [-0.1, -0.05) is 0 Å². The number of H-pyrrole nitrogens is 1. The Morgan fingerprint density at radius 3 is 3.06 bits per heavy atom. The van der Waals surface area contributed by atoms with Gasteiger partial charge in [-0.25, -0.2) is 24.3 Å². The predicted octanol–water partition coefficient (Wildman–Crippen LogP) is 1.64. The van der Waals surface area contributed by atoms with Crippen LogP contribution in [-0.2, 0) is 0 Å². The van der Waals surface area contributed by atoms with Gasteiger partial charge in [-0.15, -0.1) is 5.10 Å². The van der Waals surface area contributed by atoms with Gasteiger partial charge in [-0.05, 0) is 36.2 Å². The first-order valence-corrected chi connectivity index (χ1v) is 6.37. The summed E-state index contributed by atoms with van der Waals surface area (Å²) < 4.78 is 15.0. The minimum Gasteiger partial charge on any atom is -0.267 e. The summed E-state index contributed by atoms with van der Waals surface area (Å²) in [7, 11) is 0. The number of aromatic nitrogens is 5. The third kappa shape index (κ3) is 2.13. The first kappa shape index (κ1) is 11.7. The molecule has 6 nitrogen and oxygen atoms in total. The van der Waals surface area contributed by atoms with Crippen molar-refractivity contribution in [3.05, 3.63) is 27.8 Å². The first-order valence-electron chi connectivity index (χ1n) is 5.18. The van der Waals surface area contributed by atoms with Crippen LogP contribution in [0.5, 0.6) is 0 Å². The molecule has 0 aliphatic heterocycles. The average Bonchev–Trinajstić information content (AvgIpc) is 3.10. The molecule has 3 rings (SSSR count). The van der Waals surface area contributed by atoms with Crippen molar-refractivity contribution in [3.63, 3.8) is 0 Å². The van der Waals surface area contributed by atoms with Crippen LogP contribution in [0.2, 0.25) is 5.28 Å². The fraction of sp³-hybridized carbons (Fsp3) is 0.333. The molecule has 94 valence electrons. The minimum atomic E-state index is -0.595. The Morgan fingerprint density at radius 1 is 1.56 bits per heavy atom. The zero-order chi connectivity index (χ0) is 12.7. The maximum atomic E-state index is 13.5. The molecule has 2 aromatic rings. The number of rotatable bonds is 3. The van der Waals surface area contributed by atoms with Crippen LogP contribution in [0.3, 0.4) is 0 Å². The lowest BCUT2D eigenvalue weighted by molar-refractivity contribution is 0.576. The molecular weight excluding hydrogens is 281 g/mol. The average molecular weight is 288 g/mol. The zero-order valence-corrected chi connectivity index (χ0v) is 10.5. The Kier molecular flexibility index (Phi) is 2.83. The molecule has 0 amide bonds. The molecule has 0 unspecified atom stereocenters. The van der Waals surface area contributed by atoms with Crippen molar-refractivity contribution >= 4 is 23.4 Å². The van der Waals surface area contributed by atoms with Crippen molar-refractivity contribution in [2.75, 3.05) is 0 Å². The van der Waals surface area contributed by atoms with Crippen LogP contribution in [0.15, 0.2) is 21.2 Å². The van der Waals surface area contributed by atoms with Gasteiger partial charge in [0.05, 0.1) is 6.20 Å². The second kappa shape index (κ2) is 4.36. The summed E-state index contributed by atoms with van der Waals surface area (Å²) in [6.07, 6.45) is 2.85. The monoisotopic (exact) mass is 287 g/mol. The number of nitrogens with zero attached hydrogens (tertiary/aromatic N) is 4. The van der Waals surface area contributed by atoms with Crippen molar-refractivity contribution in [2.24, 2.45) is 0 Å². The summed E-state index contributed by atoms with van der Waals surface area (Å²) in [4.78, 5) is 18.8. The van der Waals surface area contributed by atoms with E-state index in [1.54, 1.807) is 0 Å². The van der Waals surface area contributed by atoms with Gasteiger partial charge >= 0.3 is 5.69 Å². The Hall–Kier alpha value is -1.41. The number of hydrogen-bond donors (Lipinski definition) is 1. The summed E-state index contributed by atoms with van der Waals surface area (Å²) in [5, 5.41) is 6.60. The number of nitrogens with one attached hydrogen (secondary N) is 1. The molecule has 0 bridgehead atoms. The van der Waals surface area contributed by atoms with E-state index in [0.717, 1.165) is 30.8 Å². The van der Waals surface area contributed by atoms with Crippen molar-refractivity contribution in [1.29, 1.82) is 0 Å². The van der Waals surface area contributed by atoms with Gasteiger partial charge in [0.2, 0.25) is 5.28 Å². The van der Waals surface area contributed by atoms with Crippen molar-refractivity contribution in [2.45, 2.75) is 29.1 Å². The molecule has 18 heavy (non-hydrogen) atoms. The van der Waals surface area contributed by atoms with E-state index in [9.17, 15) is 9.18 Å². The second-order valence-corrected chi connectivity index (χ2v) is 5.10. The summed E-state index contributed by atoms with van der Waals surface area (Å²) >= 11 is 6.56. The maximum absolute atomic E-state index is 13.5. The number of aromatic amines is 1. The lowest BCUT2D eigenvalue weighted by Crippen LogP contribution is -2.16. The van der Waals surface area contributed by atoms with Crippen molar-refractivity contribution in [3.8, 4) is 0 Å². The molecule has 1 fully saturated rings. The Labute approximate surface area is 110 Å². The van der Waals surface area contributed by atoms with Gasteiger partial charge in [0, 0.05) is 6.04 Å². The highest BCUT2D eigenvalue weighted by molar-refractivity contribution is 7.99. The molecule has 1 saturated carbocycles. The minimum absolute atomic E-state index is 0.0465. The van der Waals surface area contributed by atoms with Crippen LogP contribution >= 0.6 is 23.4 Å². The Morgan fingerprint density at radius 2 is 2.33 bits per heavy atom. The van der Waals surface area contributed by atoms with Crippen LogP contribution < -0.4 is 5.69 Å². The Bertz CT molecular complexity index is 653. The van der Waals surface area contributed by atoms with Crippen molar-refractivity contribution < 1.29 is 4.39 Å². The molecule has 0 saturated heterocycles. The molecule has 2 heterocycles. The van der Waals surface area contributed by atoms with Gasteiger partial charge < -0.3 is 0 Å². The quantitative estimate of drug-likeness (QED) is 0.686. The molecule has 0 atom stereocenters. The van der Waals surface area contributed by atoms with E-state index in [-0.39, 0.29) is 22.0 Å². The molecule has 1 aliphatic rings. The summed E-state index contributed by atoms with van der Waals surface area (Å²) in [5.41, 5.74) is -0.291. The van der Waals surface area contributed by atoms with Gasteiger partial charge in [0.1, 0.15) is 5.03 Å².